The number of carbonyl (C=O) groups is 2. The van der Waals surface area contributed by atoms with Crippen LogP contribution in [0.3, 0.4) is 0 Å². The second-order valence-corrected chi connectivity index (χ2v) is 7.89. The van der Waals surface area contributed by atoms with Crippen LogP contribution in [0.2, 0.25) is 0 Å². The second-order valence-electron chi connectivity index (χ2n) is 7.89. The zero-order valence-corrected chi connectivity index (χ0v) is 20.1. The summed E-state index contributed by atoms with van der Waals surface area (Å²) in [6.45, 7) is 2.63. The average Bonchev–Trinajstić information content (AvgIpc) is 2.84. The summed E-state index contributed by atoms with van der Waals surface area (Å²) in [7, 11) is 7.87. The maximum Gasteiger partial charge on any atom is 0.254 e. The van der Waals surface area contributed by atoms with Gasteiger partial charge in [-0.3, -0.25) is 9.59 Å². The van der Waals surface area contributed by atoms with Gasteiger partial charge in [0.15, 0.2) is 23.0 Å². The van der Waals surface area contributed by atoms with E-state index in [1.54, 1.807) is 44.4 Å². The van der Waals surface area contributed by atoms with E-state index in [2.05, 4.69) is 12.2 Å². The number of rotatable bonds is 9. The molecular weight excluding hydrogens is 424 g/mol. The van der Waals surface area contributed by atoms with Gasteiger partial charge in [0.25, 0.3) is 5.91 Å². The van der Waals surface area contributed by atoms with Crippen LogP contribution in [0.4, 0.5) is 0 Å². The molecule has 0 saturated carbocycles. The molecule has 1 N–H and O–H groups in total. The molecule has 0 aliphatic carbocycles. The number of benzene rings is 2. The van der Waals surface area contributed by atoms with Crippen molar-refractivity contribution < 1.29 is 28.5 Å². The molecule has 3 rings (SSSR count). The summed E-state index contributed by atoms with van der Waals surface area (Å²) >= 11 is 0. The number of methoxy groups -OCH3 is 4. The van der Waals surface area contributed by atoms with Crippen LogP contribution in [0.25, 0.3) is 0 Å². The van der Waals surface area contributed by atoms with E-state index in [4.69, 9.17) is 18.9 Å². The number of hydrogen-bond donors (Lipinski definition) is 1. The molecule has 0 saturated heterocycles. The first kappa shape index (κ1) is 24.2. The number of nitrogens with zero attached hydrogens (tertiary/aromatic N) is 1. The largest absolute Gasteiger partial charge is 0.493 e. The molecule has 8 nitrogen and oxygen atoms in total. The molecule has 0 fully saturated rings. The topological polar surface area (TPSA) is 86.3 Å². The first-order chi connectivity index (χ1) is 15.9. The summed E-state index contributed by atoms with van der Waals surface area (Å²) in [4.78, 5) is 28.5. The van der Waals surface area contributed by atoms with Crippen LogP contribution < -0.4 is 24.3 Å². The smallest absolute Gasteiger partial charge is 0.254 e. The lowest BCUT2D eigenvalue weighted by atomic mass is 9.79. The van der Waals surface area contributed by atoms with Gasteiger partial charge < -0.3 is 29.2 Å². The highest BCUT2D eigenvalue weighted by molar-refractivity contribution is 6.02. The van der Waals surface area contributed by atoms with Gasteiger partial charge in [-0.15, -0.1) is 0 Å². The van der Waals surface area contributed by atoms with E-state index in [1.165, 1.54) is 14.2 Å². The Labute approximate surface area is 194 Å². The van der Waals surface area contributed by atoms with Crippen LogP contribution in [0.1, 0.15) is 53.2 Å². The van der Waals surface area contributed by atoms with Gasteiger partial charge >= 0.3 is 0 Å². The summed E-state index contributed by atoms with van der Waals surface area (Å²) in [5.74, 6) is 0.983. The van der Waals surface area contributed by atoms with E-state index in [0.717, 1.165) is 18.4 Å². The summed E-state index contributed by atoms with van der Waals surface area (Å²) in [6.07, 6.45) is 1.83. The molecule has 1 heterocycles. The van der Waals surface area contributed by atoms with Crippen molar-refractivity contribution >= 4 is 11.8 Å². The number of amides is 2. The lowest BCUT2D eigenvalue weighted by molar-refractivity contribution is -0.124. The standard InChI is InChI=1S/C25H32N2O6/c1-7-8-11-26-24(28)22-16-13-20(32-5)21(33-6)14-17(16)25(29)27(2)23(22)15-9-10-18(30-3)19(12-15)31-4/h9-10,12-14,22-23H,7-8,11H2,1-6H3,(H,26,28)/t22-,23-/m0/s1. The number of unbranched alkanes of at least 4 members (excludes halogenated alkanes) is 1. The van der Waals surface area contributed by atoms with E-state index in [1.807, 2.05) is 12.1 Å². The Morgan fingerprint density at radius 2 is 1.55 bits per heavy atom. The molecule has 1 aliphatic rings. The van der Waals surface area contributed by atoms with Crippen molar-refractivity contribution in [2.45, 2.75) is 31.7 Å². The van der Waals surface area contributed by atoms with Crippen LogP contribution in [0, 0.1) is 0 Å². The number of likely N-dealkylation sites (N-methyl/N-ethyl adjacent to an activating group) is 1. The molecule has 0 radical (unpaired) electrons. The minimum Gasteiger partial charge on any atom is -0.493 e. The lowest BCUT2D eigenvalue weighted by Crippen LogP contribution is -2.45. The van der Waals surface area contributed by atoms with Crippen molar-refractivity contribution in [3.05, 3.63) is 47.0 Å². The van der Waals surface area contributed by atoms with Crippen molar-refractivity contribution in [1.29, 1.82) is 0 Å². The van der Waals surface area contributed by atoms with Crippen molar-refractivity contribution in [2.75, 3.05) is 42.0 Å². The summed E-state index contributed by atoms with van der Waals surface area (Å²) in [5, 5.41) is 3.04. The predicted molar refractivity (Wildman–Crippen MR) is 125 cm³/mol. The van der Waals surface area contributed by atoms with Crippen molar-refractivity contribution in [3.8, 4) is 23.0 Å². The van der Waals surface area contributed by atoms with Crippen LogP contribution in [-0.2, 0) is 4.79 Å². The quantitative estimate of drug-likeness (QED) is 0.581. The Balaban J connectivity index is 2.19. The fraction of sp³-hybridized carbons (Fsp3) is 0.440. The van der Waals surface area contributed by atoms with Gasteiger partial charge in [0.2, 0.25) is 5.91 Å². The van der Waals surface area contributed by atoms with E-state index in [9.17, 15) is 9.59 Å². The molecule has 2 amide bonds. The molecular formula is C25H32N2O6. The zero-order chi connectivity index (χ0) is 24.1. The third kappa shape index (κ3) is 4.55. The maximum atomic E-state index is 13.5. The van der Waals surface area contributed by atoms with Gasteiger partial charge in [-0.2, -0.15) is 0 Å². The first-order valence-corrected chi connectivity index (χ1v) is 10.9. The zero-order valence-electron chi connectivity index (χ0n) is 20.1. The van der Waals surface area contributed by atoms with Gasteiger partial charge in [-0.25, -0.2) is 0 Å². The van der Waals surface area contributed by atoms with Gasteiger partial charge in [0.1, 0.15) is 0 Å². The summed E-state index contributed by atoms with van der Waals surface area (Å²) < 4.78 is 21.7. The highest BCUT2D eigenvalue weighted by Gasteiger charge is 2.43. The Bertz CT molecular complexity index is 1020. The monoisotopic (exact) mass is 456 g/mol. The lowest BCUT2D eigenvalue weighted by Gasteiger charge is -2.40. The molecule has 1 aliphatic heterocycles. The van der Waals surface area contributed by atoms with Gasteiger partial charge in [0, 0.05) is 19.2 Å². The van der Waals surface area contributed by atoms with Crippen molar-refractivity contribution in [1.82, 2.24) is 10.2 Å². The number of hydrogen-bond acceptors (Lipinski definition) is 6. The first-order valence-electron chi connectivity index (χ1n) is 10.9. The van der Waals surface area contributed by atoms with Gasteiger partial charge in [0.05, 0.1) is 40.4 Å². The Kier molecular flexibility index (Phi) is 7.68. The third-order valence-electron chi connectivity index (χ3n) is 6.04. The van der Waals surface area contributed by atoms with E-state index in [0.29, 0.717) is 40.7 Å². The highest BCUT2D eigenvalue weighted by atomic mass is 16.5. The Morgan fingerprint density at radius 3 is 2.15 bits per heavy atom. The van der Waals surface area contributed by atoms with E-state index in [-0.39, 0.29) is 11.8 Å². The maximum absolute atomic E-state index is 13.5. The predicted octanol–water partition coefficient (Wildman–Crippen LogP) is 3.55. The third-order valence-corrected chi connectivity index (χ3v) is 6.04. The van der Waals surface area contributed by atoms with Gasteiger partial charge in [-0.1, -0.05) is 19.4 Å². The Morgan fingerprint density at radius 1 is 0.939 bits per heavy atom. The molecule has 2 aromatic rings. The fourth-order valence-electron chi connectivity index (χ4n) is 4.28. The molecule has 0 bridgehead atoms. The number of nitrogens with one attached hydrogen (secondary N) is 1. The van der Waals surface area contributed by atoms with Crippen LogP contribution >= 0.6 is 0 Å². The van der Waals surface area contributed by atoms with E-state index >= 15 is 0 Å². The molecule has 2 aromatic carbocycles. The summed E-state index contributed by atoms with van der Waals surface area (Å²) in [6, 6.07) is 8.27. The molecule has 33 heavy (non-hydrogen) atoms. The van der Waals surface area contributed by atoms with Crippen LogP contribution in [0.15, 0.2) is 30.3 Å². The number of fused-ring (bicyclic) bond motifs is 1. The highest BCUT2D eigenvalue weighted by Crippen LogP contribution is 2.46. The number of carbonyl (C=O) groups excluding carboxylic acids is 2. The van der Waals surface area contributed by atoms with Gasteiger partial charge in [-0.05, 0) is 41.8 Å². The van der Waals surface area contributed by atoms with Crippen molar-refractivity contribution in [2.24, 2.45) is 0 Å². The normalized spacial score (nSPS) is 17.3. The molecule has 8 heteroatoms. The number of ether oxygens (including phenoxy) is 4. The average molecular weight is 457 g/mol. The Hall–Kier alpha value is -3.42. The second kappa shape index (κ2) is 10.5. The molecule has 2 atom stereocenters. The fourth-order valence-corrected chi connectivity index (χ4v) is 4.28. The minimum absolute atomic E-state index is 0.156. The summed E-state index contributed by atoms with van der Waals surface area (Å²) in [5.41, 5.74) is 1.78. The minimum atomic E-state index is -0.655. The molecule has 178 valence electrons. The molecule has 0 unspecified atom stereocenters. The van der Waals surface area contributed by atoms with E-state index < -0.39 is 12.0 Å². The SMILES string of the molecule is CCCCNC(=O)[C@H]1c2cc(OC)c(OC)cc2C(=O)N(C)[C@H]1c1ccc(OC)c(OC)c1. The van der Waals surface area contributed by atoms with Crippen molar-refractivity contribution in [3.63, 3.8) is 0 Å². The van der Waals surface area contributed by atoms with Crippen LogP contribution in [0.5, 0.6) is 23.0 Å². The van der Waals surface area contributed by atoms with Crippen LogP contribution in [-0.4, -0.2) is 58.7 Å². The molecule has 0 aromatic heterocycles. The molecule has 0 spiro atoms.